The summed E-state index contributed by atoms with van der Waals surface area (Å²) in [5.74, 6) is -0.500. The zero-order chi connectivity index (χ0) is 45.2. The molecule has 0 fully saturated rings. The molecule has 0 aliphatic heterocycles. The second-order valence-electron chi connectivity index (χ2n) is 18.3. The lowest BCUT2D eigenvalue weighted by atomic mass is 10.0. The number of aliphatic hydroxyl groups excluding tert-OH is 2. The third-order valence-corrected chi connectivity index (χ3v) is 12.1. The molecule has 1 amide bonds. The zero-order valence-electron chi connectivity index (χ0n) is 41.3. The average molecular weight is 870 g/mol. The van der Waals surface area contributed by atoms with Gasteiger partial charge in [0.25, 0.3) is 0 Å². The van der Waals surface area contributed by atoms with Gasteiger partial charge in [-0.3, -0.25) is 9.59 Å². The number of hydrogen-bond donors (Lipinski definition) is 3. The maximum Gasteiger partial charge on any atom is 0.306 e. The first-order valence-electron chi connectivity index (χ1n) is 26.9. The zero-order valence-corrected chi connectivity index (χ0v) is 41.3. The highest BCUT2D eigenvalue weighted by molar-refractivity contribution is 5.77. The van der Waals surface area contributed by atoms with Crippen LogP contribution < -0.4 is 5.32 Å². The molecule has 0 rings (SSSR count). The number of hydrogen-bond acceptors (Lipinski definition) is 5. The quantitative estimate of drug-likeness (QED) is 0.0322. The first-order chi connectivity index (χ1) is 30.5. The summed E-state index contributed by atoms with van der Waals surface area (Å²) in [5, 5.41) is 23.8. The van der Waals surface area contributed by atoms with E-state index in [1.165, 1.54) is 135 Å². The van der Waals surface area contributed by atoms with Gasteiger partial charge >= 0.3 is 5.97 Å². The second-order valence-corrected chi connectivity index (χ2v) is 18.3. The Morgan fingerprint density at radius 1 is 0.468 bits per heavy atom. The van der Waals surface area contributed by atoms with Gasteiger partial charge in [0, 0.05) is 6.42 Å². The van der Waals surface area contributed by atoms with E-state index in [4.69, 9.17) is 4.74 Å². The molecule has 6 heteroatoms. The van der Waals surface area contributed by atoms with Gasteiger partial charge in [-0.05, 0) is 89.9 Å². The predicted molar refractivity (Wildman–Crippen MR) is 269 cm³/mol. The van der Waals surface area contributed by atoms with E-state index < -0.39 is 18.2 Å². The van der Waals surface area contributed by atoms with Crippen molar-refractivity contribution in [3.05, 3.63) is 48.6 Å². The molecule has 0 saturated heterocycles. The van der Waals surface area contributed by atoms with Crippen LogP contribution in [0.4, 0.5) is 0 Å². The predicted octanol–water partition coefficient (Wildman–Crippen LogP) is 16.2. The molecular weight excluding hydrogens is 767 g/mol. The van der Waals surface area contributed by atoms with Crippen molar-refractivity contribution in [1.82, 2.24) is 5.32 Å². The molecule has 3 unspecified atom stereocenters. The molecule has 0 bridgehead atoms. The van der Waals surface area contributed by atoms with E-state index in [2.05, 4.69) is 74.7 Å². The largest absolute Gasteiger partial charge is 0.462 e. The van der Waals surface area contributed by atoms with Crippen LogP contribution in [-0.4, -0.2) is 46.9 Å². The molecule has 62 heavy (non-hydrogen) atoms. The Labute approximate surface area is 385 Å². The number of unbranched alkanes of at least 4 members (excludes halogenated alkanes) is 28. The number of carbonyl (C=O) groups is 2. The number of ether oxygens (including phenoxy) is 1. The van der Waals surface area contributed by atoms with Crippen LogP contribution in [0.2, 0.25) is 0 Å². The van der Waals surface area contributed by atoms with Crippen molar-refractivity contribution in [2.75, 3.05) is 6.61 Å². The van der Waals surface area contributed by atoms with Crippen molar-refractivity contribution in [3.8, 4) is 0 Å². The molecule has 362 valence electrons. The van der Waals surface area contributed by atoms with Gasteiger partial charge in [0.05, 0.1) is 25.2 Å². The number of allylic oxidation sites excluding steroid dienone is 8. The Morgan fingerprint density at radius 2 is 0.823 bits per heavy atom. The second kappa shape index (κ2) is 49.8. The minimum absolute atomic E-state index is 0.0602. The van der Waals surface area contributed by atoms with Gasteiger partial charge in [0.15, 0.2) is 0 Å². The van der Waals surface area contributed by atoms with Crippen LogP contribution in [0.1, 0.15) is 271 Å². The van der Waals surface area contributed by atoms with Crippen LogP contribution in [0.3, 0.4) is 0 Å². The molecule has 0 aromatic rings. The molecular formula is C56H103NO5. The maximum absolute atomic E-state index is 13.2. The van der Waals surface area contributed by atoms with Gasteiger partial charge in [-0.25, -0.2) is 0 Å². The average Bonchev–Trinajstić information content (AvgIpc) is 3.26. The summed E-state index contributed by atoms with van der Waals surface area (Å²) in [7, 11) is 0. The first-order valence-corrected chi connectivity index (χ1v) is 26.9. The Bertz CT molecular complexity index is 1070. The fourth-order valence-corrected chi connectivity index (χ4v) is 8.02. The van der Waals surface area contributed by atoms with E-state index in [9.17, 15) is 19.8 Å². The van der Waals surface area contributed by atoms with E-state index in [-0.39, 0.29) is 24.9 Å². The molecule has 0 aromatic carbocycles. The maximum atomic E-state index is 13.2. The third kappa shape index (κ3) is 44.4. The monoisotopic (exact) mass is 870 g/mol. The van der Waals surface area contributed by atoms with E-state index >= 15 is 0 Å². The third-order valence-electron chi connectivity index (χ3n) is 12.1. The van der Waals surface area contributed by atoms with Crippen molar-refractivity contribution < 1.29 is 24.5 Å². The highest BCUT2D eigenvalue weighted by atomic mass is 16.5. The summed E-state index contributed by atoms with van der Waals surface area (Å²) in [4.78, 5) is 26.2. The van der Waals surface area contributed by atoms with Crippen LogP contribution in [0.15, 0.2) is 48.6 Å². The van der Waals surface area contributed by atoms with Gasteiger partial charge in [-0.2, -0.15) is 0 Å². The Kier molecular flexibility index (Phi) is 48.1. The minimum Gasteiger partial charge on any atom is -0.462 e. The Balaban J connectivity index is 4.62. The van der Waals surface area contributed by atoms with E-state index in [0.29, 0.717) is 19.3 Å². The van der Waals surface area contributed by atoms with Crippen LogP contribution in [-0.2, 0) is 14.3 Å². The number of rotatable bonds is 48. The van der Waals surface area contributed by atoms with E-state index in [1.54, 1.807) is 0 Å². The Hall–Kier alpha value is -2.18. The molecule has 0 aromatic heterocycles. The number of aliphatic hydroxyl groups is 2. The van der Waals surface area contributed by atoms with Crippen LogP contribution in [0.5, 0.6) is 0 Å². The fourth-order valence-electron chi connectivity index (χ4n) is 8.02. The minimum atomic E-state index is -0.795. The topological polar surface area (TPSA) is 95.9 Å². The standard InChI is InChI=1S/C56H103NO5/c1-4-7-10-13-16-19-22-25-27-28-29-30-32-35-38-41-44-47-52(62-56(61)49-46-43-40-37-34-24-21-18-15-12-9-6-3)50-55(60)57-53(51-58)54(59)48-45-42-39-36-33-31-26-23-20-17-14-11-8-5-2/h16,18-19,21,25,27,29-30,52-54,58-59H,4-15,17,20,22-24,26,28,31-51H2,1-3H3,(H,57,60)/b19-16-,21-18-,27-25-,30-29-. The number of nitrogens with one attached hydrogen (secondary N) is 1. The van der Waals surface area contributed by atoms with Gasteiger partial charge in [-0.15, -0.1) is 0 Å². The molecule has 0 radical (unpaired) electrons. The van der Waals surface area contributed by atoms with Crippen molar-refractivity contribution in [2.45, 2.75) is 289 Å². The summed E-state index contributed by atoms with van der Waals surface area (Å²) < 4.78 is 5.93. The van der Waals surface area contributed by atoms with Crippen LogP contribution in [0, 0.1) is 0 Å². The lowest BCUT2D eigenvalue weighted by Gasteiger charge is -2.24. The Morgan fingerprint density at radius 3 is 1.29 bits per heavy atom. The summed E-state index contributed by atoms with van der Waals surface area (Å²) in [6.07, 6.45) is 60.2. The molecule has 0 spiro atoms. The summed E-state index contributed by atoms with van der Waals surface area (Å²) in [5.41, 5.74) is 0. The van der Waals surface area contributed by atoms with Crippen LogP contribution in [0.25, 0.3) is 0 Å². The number of carbonyl (C=O) groups excluding carboxylic acids is 2. The van der Waals surface area contributed by atoms with Crippen molar-refractivity contribution in [1.29, 1.82) is 0 Å². The SMILES string of the molecule is CCCCC/C=C\C/C=C\C/C=C\CCCCCCC(CC(=O)NC(CO)C(O)CCCCCCCCCCCCCCCC)OC(=O)CCCCCCC/C=C\CCCCC. The normalized spacial score (nSPS) is 13.6. The molecule has 0 aliphatic rings. The van der Waals surface area contributed by atoms with Gasteiger partial charge in [0.1, 0.15) is 6.10 Å². The molecule has 0 heterocycles. The van der Waals surface area contributed by atoms with E-state index in [0.717, 1.165) is 89.9 Å². The van der Waals surface area contributed by atoms with Crippen molar-refractivity contribution >= 4 is 11.9 Å². The highest BCUT2D eigenvalue weighted by Gasteiger charge is 2.24. The van der Waals surface area contributed by atoms with Gasteiger partial charge < -0.3 is 20.3 Å². The highest BCUT2D eigenvalue weighted by Crippen LogP contribution is 2.18. The smallest absolute Gasteiger partial charge is 0.306 e. The molecule has 3 N–H and O–H groups in total. The van der Waals surface area contributed by atoms with Crippen LogP contribution >= 0.6 is 0 Å². The summed E-state index contributed by atoms with van der Waals surface area (Å²) in [6, 6.07) is -0.710. The lowest BCUT2D eigenvalue weighted by Crippen LogP contribution is -2.46. The first kappa shape index (κ1) is 59.8. The fraction of sp³-hybridized carbons (Fsp3) is 0.821. The number of amides is 1. The lowest BCUT2D eigenvalue weighted by molar-refractivity contribution is -0.151. The van der Waals surface area contributed by atoms with Crippen molar-refractivity contribution in [3.63, 3.8) is 0 Å². The molecule has 0 aliphatic carbocycles. The van der Waals surface area contributed by atoms with Crippen molar-refractivity contribution in [2.24, 2.45) is 0 Å². The summed E-state index contributed by atoms with van der Waals surface area (Å²) in [6.45, 7) is 6.44. The molecule has 6 nitrogen and oxygen atoms in total. The number of esters is 1. The van der Waals surface area contributed by atoms with E-state index in [1.807, 2.05) is 0 Å². The molecule has 0 saturated carbocycles. The van der Waals surface area contributed by atoms with Gasteiger partial charge in [-0.1, -0.05) is 217 Å². The summed E-state index contributed by atoms with van der Waals surface area (Å²) >= 11 is 0. The van der Waals surface area contributed by atoms with Gasteiger partial charge in [0.2, 0.25) is 5.91 Å². The molecule has 3 atom stereocenters.